The fraction of sp³-hybridized carbons (Fsp3) is 0.444. The van der Waals surface area contributed by atoms with Gasteiger partial charge in [-0.2, -0.15) is 0 Å². The summed E-state index contributed by atoms with van der Waals surface area (Å²) in [4.78, 5) is 24.6. The Kier molecular flexibility index (Phi) is 7.55. The number of hydrogen-bond acceptors (Lipinski definition) is 6. The van der Waals surface area contributed by atoms with E-state index in [9.17, 15) is 9.59 Å². The van der Waals surface area contributed by atoms with Gasteiger partial charge in [0.25, 0.3) is 0 Å². The number of carbonyl (C=O) groups excluding carboxylic acids is 2. The number of ether oxygens (including phenoxy) is 1. The Balaban J connectivity index is 2.10. The van der Waals surface area contributed by atoms with E-state index in [1.54, 1.807) is 14.0 Å². The molecule has 0 radical (unpaired) electrons. The standard InChI is InChI=1S/C18H23ClN4O3S/c1-5-10(2)14(20-15(24)11(3)19)16(25)21-18-23-22-17(27-18)12-6-8-13(26-4)9-7-12/h6-11,14H,5H2,1-4H3,(H,20,24)(H,21,23,25)/t10-,11-,14+/m1/s1. The van der Waals surface area contributed by atoms with Crippen molar-refractivity contribution in [3.63, 3.8) is 0 Å². The van der Waals surface area contributed by atoms with Crippen LogP contribution in [-0.4, -0.2) is 40.5 Å². The summed E-state index contributed by atoms with van der Waals surface area (Å²) in [5, 5.41) is 13.9. The highest BCUT2D eigenvalue weighted by Crippen LogP contribution is 2.28. The predicted molar refractivity (Wildman–Crippen MR) is 107 cm³/mol. The van der Waals surface area contributed by atoms with E-state index in [1.165, 1.54) is 11.3 Å². The van der Waals surface area contributed by atoms with Gasteiger partial charge < -0.3 is 10.1 Å². The number of amides is 2. The van der Waals surface area contributed by atoms with Gasteiger partial charge in [-0.3, -0.25) is 14.9 Å². The summed E-state index contributed by atoms with van der Waals surface area (Å²) in [6, 6.07) is 6.70. The Morgan fingerprint density at radius 1 is 1.19 bits per heavy atom. The minimum atomic E-state index is -0.715. The molecule has 7 nitrogen and oxygen atoms in total. The second-order valence-corrected chi connectivity index (χ2v) is 7.75. The molecule has 0 aliphatic rings. The van der Waals surface area contributed by atoms with Crippen LogP contribution < -0.4 is 15.4 Å². The van der Waals surface area contributed by atoms with Crippen molar-refractivity contribution in [1.29, 1.82) is 0 Å². The van der Waals surface area contributed by atoms with E-state index in [1.807, 2.05) is 38.1 Å². The Morgan fingerprint density at radius 2 is 1.85 bits per heavy atom. The Labute approximate surface area is 167 Å². The summed E-state index contributed by atoms with van der Waals surface area (Å²) in [5.41, 5.74) is 0.872. The first-order valence-electron chi connectivity index (χ1n) is 8.59. The van der Waals surface area contributed by atoms with E-state index in [0.717, 1.165) is 17.7 Å². The highest BCUT2D eigenvalue weighted by Gasteiger charge is 2.28. The van der Waals surface area contributed by atoms with E-state index in [-0.39, 0.29) is 17.7 Å². The van der Waals surface area contributed by atoms with Gasteiger partial charge in [-0.15, -0.1) is 21.8 Å². The molecule has 0 bridgehead atoms. The highest BCUT2D eigenvalue weighted by atomic mass is 35.5. The van der Waals surface area contributed by atoms with Crippen molar-refractivity contribution in [2.45, 2.75) is 38.6 Å². The number of methoxy groups -OCH3 is 1. The molecule has 0 saturated heterocycles. The Morgan fingerprint density at radius 3 is 2.41 bits per heavy atom. The molecule has 2 N–H and O–H groups in total. The van der Waals surface area contributed by atoms with E-state index >= 15 is 0 Å². The molecule has 0 saturated carbocycles. The van der Waals surface area contributed by atoms with Crippen LogP contribution in [0.4, 0.5) is 5.13 Å². The monoisotopic (exact) mass is 410 g/mol. The molecule has 0 spiro atoms. The van der Waals surface area contributed by atoms with Crippen LogP contribution in [0, 0.1) is 5.92 Å². The minimum absolute atomic E-state index is 0.0571. The lowest BCUT2D eigenvalue weighted by Crippen LogP contribution is -2.49. The second-order valence-electron chi connectivity index (χ2n) is 6.12. The first-order valence-corrected chi connectivity index (χ1v) is 9.84. The third-order valence-corrected chi connectivity index (χ3v) is 5.23. The molecule has 1 aromatic heterocycles. The van der Waals surface area contributed by atoms with Gasteiger partial charge in [0, 0.05) is 5.56 Å². The van der Waals surface area contributed by atoms with E-state index < -0.39 is 11.4 Å². The molecule has 2 amide bonds. The Hall–Kier alpha value is -2.19. The summed E-state index contributed by atoms with van der Waals surface area (Å²) in [6.45, 7) is 5.41. The fourth-order valence-corrected chi connectivity index (χ4v) is 3.09. The lowest BCUT2D eigenvalue weighted by atomic mass is 9.98. The number of alkyl halides is 1. The van der Waals surface area contributed by atoms with Gasteiger partial charge in [0.2, 0.25) is 16.9 Å². The third kappa shape index (κ3) is 5.64. The third-order valence-electron chi connectivity index (χ3n) is 4.15. The zero-order valence-corrected chi connectivity index (χ0v) is 17.2. The maximum atomic E-state index is 12.7. The van der Waals surface area contributed by atoms with Crippen LogP contribution in [0.3, 0.4) is 0 Å². The van der Waals surface area contributed by atoms with Gasteiger partial charge in [-0.1, -0.05) is 31.6 Å². The van der Waals surface area contributed by atoms with Crippen molar-refractivity contribution in [3.8, 4) is 16.3 Å². The molecule has 146 valence electrons. The number of hydrogen-bond donors (Lipinski definition) is 2. The average molecular weight is 411 g/mol. The van der Waals surface area contributed by atoms with Crippen molar-refractivity contribution in [3.05, 3.63) is 24.3 Å². The number of halogens is 1. The van der Waals surface area contributed by atoms with Crippen LogP contribution in [0.2, 0.25) is 0 Å². The zero-order chi connectivity index (χ0) is 20.0. The summed E-state index contributed by atoms with van der Waals surface area (Å²) in [6.07, 6.45) is 0.724. The molecule has 0 unspecified atom stereocenters. The van der Waals surface area contributed by atoms with Crippen LogP contribution in [0.15, 0.2) is 24.3 Å². The number of anilines is 1. The van der Waals surface area contributed by atoms with E-state index in [4.69, 9.17) is 16.3 Å². The van der Waals surface area contributed by atoms with Crippen molar-refractivity contribution in [2.75, 3.05) is 12.4 Å². The fourth-order valence-electron chi connectivity index (χ4n) is 2.28. The summed E-state index contributed by atoms with van der Waals surface area (Å²) < 4.78 is 5.14. The molecule has 2 aromatic rings. The van der Waals surface area contributed by atoms with Crippen molar-refractivity contribution >= 4 is 39.9 Å². The van der Waals surface area contributed by atoms with Gasteiger partial charge >= 0.3 is 0 Å². The van der Waals surface area contributed by atoms with E-state index in [0.29, 0.717) is 10.1 Å². The van der Waals surface area contributed by atoms with Gasteiger partial charge in [-0.05, 0) is 37.1 Å². The summed E-state index contributed by atoms with van der Waals surface area (Å²) in [7, 11) is 1.60. The van der Waals surface area contributed by atoms with Crippen LogP contribution in [0.25, 0.3) is 10.6 Å². The van der Waals surface area contributed by atoms with Gasteiger partial charge in [0.1, 0.15) is 22.2 Å². The van der Waals surface area contributed by atoms with Crippen LogP contribution in [-0.2, 0) is 9.59 Å². The molecule has 3 atom stereocenters. The van der Waals surface area contributed by atoms with Gasteiger partial charge in [-0.25, -0.2) is 0 Å². The maximum Gasteiger partial charge on any atom is 0.249 e. The largest absolute Gasteiger partial charge is 0.497 e. The molecule has 0 aliphatic heterocycles. The number of benzene rings is 1. The number of rotatable bonds is 8. The molecule has 0 fully saturated rings. The topological polar surface area (TPSA) is 93.2 Å². The minimum Gasteiger partial charge on any atom is -0.497 e. The molecular weight excluding hydrogens is 388 g/mol. The van der Waals surface area contributed by atoms with Crippen LogP contribution >= 0.6 is 22.9 Å². The zero-order valence-electron chi connectivity index (χ0n) is 15.7. The number of carbonyl (C=O) groups is 2. The highest BCUT2D eigenvalue weighted by molar-refractivity contribution is 7.18. The smallest absolute Gasteiger partial charge is 0.249 e. The van der Waals surface area contributed by atoms with Gasteiger partial charge in [0.15, 0.2) is 0 Å². The average Bonchev–Trinajstić information content (AvgIpc) is 3.13. The first kappa shape index (κ1) is 21.1. The molecule has 2 rings (SSSR count). The second kappa shape index (κ2) is 9.66. The van der Waals surface area contributed by atoms with E-state index in [2.05, 4.69) is 20.8 Å². The summed E-state index contributed by atoms with van der Waals surface area (Å²) >= 11 is 7.06. The van der Waals surface area contributed by atoms with Crippen molar-refractivity contribution < 1.29 is 14.3 Å². The van der Waals surface area contributed by atoms with Crippen LogP contribution in [0.5, 0.6) is 5.75 Å². The van der Waals surface area contributed by atoms with Crippen molar-refractivity contribution in [2.24, 2.45) is 5.92 Å². The lowest BCUT2D eigenvalue weighted by molar-refractivity contribution is -0.127. The van der Waals surface area contributed by atoms with Crippen molar-refractivity contribution in [1.82, 2.24) is 15.5 Å². The molecule has 9 heteroatoms. The normalized spacial score (nSPS) is 14.1. The number of nitrogens with one attached hydrogen (secondary N) is 2. The quantitative estimate of drug-likeness (QED) is 0.651. The van der Waals surface area contributed by atoms with Crippen LogP contribution in [0.1, 0.15) is 27.2 Å². The SMILES string of the molecule is CC[C@@H](C)[C@H](NC(=O)[C@@H](C)Cl)C(=O)Nc1nnc(-c2ccc(OC)cc2)s1. The molecular formula is C18H23ClN4O3S. The molecule has 1 heterocycles. The predicted octanol–water partition coefficient (Wildman–Crippen LogP) is 3.31. The summed E-state index contributed by atoms with van der Waals surface area (Å²) in [5.74, 6) is -0.0310. The molecule has 27 heavy (non-hydrogen) atoms. The maximum absolute atomic E-state index is 12.7. The molecule has 1 aromatic carbocycles. The Bertz CT molecular complexity index is 779. The first-order chi connectivity index (χ1) is 12.8. The number of nitrogens with zero attached hydrogens (tertiary/aromatic N) is 2. The lowest BCUT2D eigenvalue weighted by Gasteiger charge is -2.23. The number of aromatic nitrogens is 2. The molecule has 0 aliphatic carbocycles. The van der Waals surface area contributed by atoms with Gasteiger partial charge in [0.05, 0.1) is 7.11 Å².